The van der Waals surface area contributed by atoms with Gasteiger partial charge in [0.25, 0.3) is 0 Å². The summed E-state index contributed by atoms with van der Waals surface area (Å²) in [5.74, 6) is -0.0973. The Morgan fingerprint density at radius 1 is 0.537 bits per heavy atom. The quantitative estimate of drug-likeness (QED) is 0.300. The summed E-state index contributed by atoms with van der Waals surface area (Å²) in [6.45, 7) is 0.858. The number of benzene rings is 4. The zero-order valence-electron chi connectivity index (χ0n) is 23.0. The van der Waals surface area contributed by atoms with Gasteiger partial charge in [-0.05, 0) is 27.8 Å². The minimum absolute atomic E-state index is 0.0160. The Labute approximate surface area is 240 Å². The number of carbonyl (C=O) groups is 3. The highest BCUT2D eigenvalue weighted by Gasteiger charge is 2.43. The van der Waals surface area contributed by atoms with Gasteiger partial charge in [-0.25, -0.2) is 0 Å². The van der Waals surface area contributed by atoms with E-state index in [9.17, 15) is 19.5 Å². The van der Waals surface area contributed by atoms with Crippen molar-refractivity contribution in [2.24, 2.45) is 0 Å². The van der Waals surface area contributed by atoms with E-state index in [0.29, 0.717) is 45.2 Å². The molecular formula is C35H34N2O4. The normalized spacial score (nSPS) is 18.4. The largest absolute Gasteiger partial charge is 0.370 e. The first-order valence-electron chi connectivity index (χ1n) is 14.0. The molecule has 6 nitrogen and oxygen atoms in total. The molecule has 1 N–H and O–H groups in total. The third-order valence-corrected chi connectivity index (χ3v) is 7.61. The topological polar surface area (TPSA) is 77.9 Å². The number of hydrogen-bond acceptors (Lipinski definition) is 4. The van der Waals surface area contributed by atoms with E-state index in [1.807, 2.05) is 91.0 Å². The van der Waals surface area contributed by atoms with Crippen molar-refractivity contribution in [2.45, 2.75) is 50.9 Å². The highest BCUT2D eigenvalue weighted by atomic mass is 16.3. The first-order valence-corrected chi connectivity index (χ1v) is 14.0. The van der Waals surface area contributed by atoms with E-state index in [4.69, 9.17) is 0 Å². The second-order valence-corrected chi connectivity index (χ2v) is 10.5. The highest BCUT2D eigenvalue weighted by molar-refractivity contribution is 6.01. The summed E-state index contributed by atoms with van der Waals surface area (Å²) in [6.07, 6.45) is 2.04. The van der Waals surface area contributed by atoms with E-state index in [2.05, 4.69) is 24.3 Å². The molecule has 41 heavy (non-hydrogen) atoms. The molecule has 0 aromatic heterocycles. The predicted octanol–water partition coefficient (Wildman–Crippen LogP) is 5.74. The third kappa shape index (κ3) is 6.97. The van der Waals surface area contributed by atoms with Gasteiger partial charge in [-0.15, -0.1) is 0 Å². The predicted molar refractivity (Wildman–Crippen MR) is 158 cm³/mol. The third-order valence-electron chi connectivity index (χ3n) is 7.61. The van der Waals surface area contributed by atoms with Crippen molar-refractivity contribution in [2.75, 3.05) is 0 Å². The van der Waals surface area contributed by atoms with Crippen LogP contribution in [-0.2, 0) is 33.9 Å². The number of carbonyl (C=O) groups excluding carboxylic acids is 3. The summed E-state index contributed by atoms with van der Waals surface area (Å²) in [4.78, 5) is 37.9. The average Bonchev–Trinajstić information content (AvgIpc) is 3.47. The lowest BCUT2D eigenvalue weighted by Crippen LogP contribution is -2.46. The molecule has 6 rings (SSSR count). The Kier molecular flexibility index (Phi) is 8.70. The van der Waals surface area contributed by atoms with Gasteiger partial charge >= 0.3 is 0 Å². The van der Waals surface area contributed by atoms with Crippen LogP contribution < -0.4 is 0 Å². The molecule has 0 bridgehead atoms. The van der Waals surface area contributed by atoms with Crippen LogP contribution in [0.2, 0.25) is 0 Å². The van der Waals surface area contributed by atoms with Crippen molar-refractivity contribution in [3.8, 4) is 11.1 Å². The van der Waals surface area contributed by atoms with Gasteiger partial charge < -0.3 is 10.0 Å². The van der Waals surface area contributed by atoms with Crippen LogP contribution in [0.3, 0.4) is 0 Å². The maximum atomic E-state index is 12.4. The molecule has 0 radical (unpaired) electrons. The van der Waals surface area contributed by atoms with E-state index in [1.54, 1.807) is 4.90 Å². The monoisotopic (exact) mass is 546 g/mol. The summed E-state index contributed by atoms with van der Waals surface area (Å²) >= 11 is 0. The second-order valence-electron chi connectivity index (χ2n) is 10.5. The van der Waals surface area contributed by atoms with Gasteiger partial charge in [-0.3, -0.25) is 19.3 Å². The van der Waals surface area contributed by atoms with Crippen LogP contribution >= 0.6 is 0 Å². The molecule has 4 aromatic carbocycles. The van der Waals surface area contributed by atoms with Crippen molar-refractivity contribution in [1.29, 1.82) is 0 Å². The SMILES string of the molecule is O=C1CCC(=O)N1Cc1ccccc1.O=C1CCC(O)(Cc2ccc(-c3ccccc3)cc2)N1Cc1ccccc1. The lowest BCUT2D eigenvalue weighted by molar-refractivity contribution is -0.146. The Hall–Kier alpha value is -4.55. The molecule has 2 fully saturated rings. The maximum Gasteiger partial charge on any atom is 0.229 e. The van der Waals surface area contributed by atoms with Crippen molar-refractivity contribution in [1.82, 2.24) is 9.80 Å². The summed E-state index contributed by atoms with van der Waals surface area (Å²) in [6, 6.07) is 37.9. The Morgan fingerprint density at radius 3 is 1.59 bits per heavy atom. The maximum absolute atomic E-state index is 12.4. The average molecular weight is 547 g/mol. The number of nitrogens with zero attached hydrogens (tertiary/aromatic N) is 2. The molecule has 1 unspecified atom stereocenters. The molecule has 0 aliphatic carbocycles. The van der Waals surface area contributed by atoms with Gasteiger partial charge in [-0.2, -0.15) is 0 Å². The summed E-state index contributed by atoms with van der Waals surface area (Å²) < 4.78 is 0. The fraction of sp³-hybridized carbons (Fsp3) is 0.229. The number of likely N-dealkylation sites (tertiary alicyclic amines) is 2. The van der Waals surface area contributed by atoms with E-state index < -0.39 is 5.72 Å². The van der Waals surface area contributed by atoms with Crippen LogP contribution in [0, 0.1) is 0 Å². The van der Waals surface area contributed by atoms with Crippen LogP contribution in [0.1, 0.15) is 42.4 Å². The minimum Gasteiger partial charge on any atom is -0.370 e. The molecule has 2 heterocycles. The van der Waals surface area contributed by atoms with Gasteiger partial charge in [-0.1, -0.05) is 115 Å². The molecule has 2 aliphatic rings. The molecule has 3 amide bonds. The lowest BCUT2D eigenvalue weighted by atomic mass is 9.97. The number of amides is 3. The molecule has 4 aromatic rings. The number of imide groups is 1. The van der Waals surface area contributed by atoms with E-state index in [-0.39, 0.29) is 17.7 Å². The van der Waals surface area contributed by atoms with Gasteiger partial charge in [0.1, 0.15) is 5.72 Å². The number of aliphatic hydroxyl groups is 1. The number of hydrogen-bond donors (Lipinski definition) is 1. The van der Waals surface area contributed by atoms with Crippen LogP contribution in [-0.4, -0.2) is 38.4 Å². The molecule has 208 valence electrons. The van der Waals surface area contributed by atoms with Crippen LogP contribution in [0.25, 0.3) is 11.1 Å². The zero-order chi connectivity index (χ0) is 28.7. The minimum atomic E-state index is -1.12. The highest BCUT2D eigenvalue weighted by Crippen LogP contribution is 2.33. The van der Waals surface area contributed by atoms with Gasteiger partial charge in [0.05, 0.1) is 6.54 Å². The summed E-state index contributed by atoms with van der Waals surface area (Å²) in [5, 5.41) is 11.2. The van der Waals surface area contributed by atoms with Gasteiger partial charge in [0.2, 0.25) is 17.7 Å². The summed E-state index contributed by atoms with van der Waals surface area (Å²) in [5.41, 5.74) is 4.26. The summed E-state index contributed by atoms with van der Waals surface area (Å²) in [7, 11) is 0. The molecule has 6 heteroatoms. The molecule has 0 spiro atoms. The van der Waals surface area contributed by atoms with E-state index >= 15 is 0 Å². The smallest absolute Gasteiger partial charge is 0.229 e. The van der Waals surface area contributed by atoms with Gasteiger partial charge in [0.15, 0.2) is 0 Å². The van der Waals surface area contributed by atoms with Crippen LogP contribution in [0.5, 0.6) is 0 Å². The first-order chi connectivity index (χ1) is 19.9. The van der Waals surface area contributed by atoms with Crippen molar-refractivity contribution < 1.29 is 19.5 Å². The van der Waals surface area contributed by atoms with E-state index in [0.717, 1.165) is 22.3 Å². The Balaban J connectivity index is 0.000000202. The van der Waals surface area contributed by atoms with E-state index in [1.165, 1.54) is 10.5 Å². The Morgan fingerprint density at radius 2 is 1.02 bits per heavy atom. The van der Waals surface area contributed by atoms with Crippen molar-refractivity contribution in [3.63, 3.8) is 0 Å². The van der Waals surface area contributed by atoms with Crippen molar-refractivity contribution in [3.05, 3.63) is 132 Å². The molecular weight excluding hydrogens is 512 g/mol. The zero-order valence-corrected chi connectivity index (χ0v) is 23.0. The van der Waals surface area contributed by atoms with Crippen LogP contribution in [0.4, 0.5) is 0 Å². The number of rotatable bonds is 7. The fourth-order valence-electron chi connectivity index (χ4n) is 5.33. The Bertz CT molecular complexity index is 1460. The second kappa shape index (κ2) is 12.7. The molecule has 1 atom stereocenters. The van der Waals surface area contributed by atoms with Gasteiger partial charge in [0, 0.05) is 38.6 Å². The van der Waals surface area contributed by atoms with Crippen molar-refractivity contribution >= 4 is 17.7 Å². The lowest BCUT2D eigenvalue weighted by Gasteiger charge is -2.34. The molecule has 2 saturated heterocycles. The van der Waals surface area contributed by atoms with Crippen LogP contribution in [0.15, 0.2) is 115 Å². The molecule has 2 aliphatic heterocycles. The standard InChI is InChI=1S/C24H23NO2.C11H11NO2/c26-23-15-16-24(27,25(23)18-20-7-3-1-4-8-20)17-19-11-13-22(14-12-19)21-9-5-2-6-10-21;13-10-6-7-11(14)12(10)8-9-4-2-1-3-5-9/h1-14,27H,15-18H2;1-5H,6-8H2. The first kappa shape index (κ1) is 28.0. The fourth-order valence-corrected chi connectivity index (χ4v) is 5.33. The molecule has 0 saturated carbocycles.